The molecule has 25 heavy (non-hydrogen) atoms. The van der Waals surface area contributed by atoms with Gasteiger partial charge >= 0.3 is 0 Å². The maximum atomic E-state index is 9.41. The Kier molecular flexibility index (Phi) is 5.03. The van der Waals surface area contributed by atoms with Gasteiger partial charge in [-0.3, -0.25) is 0 Å². The van der Waals surface area contributed by atoms with E-state index in [2.05, 4.69) is 39.2 Å². The van der Waals surface area contributed by atoms with Crippen molar-refractivity contribution in [2.75, 3.05) is 42.3 Å². The van der Waals surface area contributed by atoms with Crippen LogP contribution in [0.3, 0.4) is 0 Å². The summed E-state index contributed by atoms with van der Waals surface area (Å²) < 4.78 is 0. The van der Waals surface area contributed by atoms with Gasteiger partial charge in [-0.15, -0.1) is 0 Å². The molecule has 2 heterocycles. The molecule has 1 atom stereocenters. The summed E-state index contributed by atoms with van der Waals surface area (Å²) in [5, 5.41) is 12.9. The predicted octanol–water partition coefficient (Wildman–Crippen LogP) is 2.80. The highest BCUT2D eigenvalue weighted by molar-refractivity contribution is 5.61. The standard InChI is InChI=1S/C19H24N6/c1-14-6-7-15(12-20)17(11-14)25-10-4-5-16(13-25)22-18-8-9-21-19(23-18)24(2)3/h6-9,11,16H,4-5,10,13H2,1-3H3,(H,21,22,23). The number of benzene rings is 1. The number of aryl methyl sites for hydroxylation is 1. The average molecular weight is 336 g/mol. The Balaban J connectivity index is 1.75. The highest BCUT2D eigenvalue weighted by atomic mass is 15.2. The van der Waals surface area contributed by atoms with Gasteiger partial charge in [-0.05, 0) is 43.5 Å². The average Bonchev–Trinajstić information content (AvgIpc) is 2.62. The second-order valence-electron chi connectivity index (χ2n) is 6.70. The van der Waals surface area contributed by atoms with E-state index in [0.717, 1.165) is 43.0 Å². The highest BCUT2D eigenvalue weighted by Gasteiger charge is 2.22. The van der Waals surface area contributed by atoms with Crippen molar-refractivity contribution in [3.05, 3.63) is 41.6 Å². The molecule has 6 heteroatoms. The van der Waals surface area contributed by atoms with Gasteiger partial charge in [0.15, 0.2) is 0 Å². The van der Waals surface area contributed by atoms with E-state index in [1.54, 1.807) is 6.20 Å². The Hall–Kier alpha value is -2.81. The van der Waals surface area contributed by atoms with Gasteiger partial charge in [0.2, 0.25) is 5.95 Å². The molecule has 0 aliphatic carbocycles. The molecule has 0 radical (unpaired) electrons. The number of nitriles is 1. The number of nitrogens with zero attached hydrogens (tertiary/aromatic N) is 5. The van der Waals surface area contributed by atoms with Gasteiger partial charge in [0, 0.05) is 39.4 Å². The molecule has 0 bridgehead atoms. The normalized spacial score (nSPS) is 17.0. The Morgan fingerprint density at radius 2 is 2.16 bits per heavy atom. The van der Waals surface area contributed by atoms with Crippen LogP contribution in [0.4, 0.5) is 17.5 Å². The van der Waals surface area contributed by atoms with Gasteiger partial charge in [-0.1, -0.05) is 6.07 Å². The third kappa shape index (κ3) is 4.00. The van der Waals surface area contributed by atoms with Gasteiger partial charge < -0.3 is 15.1 Å². The largest absolute Gasteiger partial charge is 0.368 e. The lowest BCUT2D eigenvalue weighted by Gasteiger charge is -2.35. The number of rotatable bonds is 4. The number of piperidine rings is 1. The van der Waals surface area contributed by atoms with Crippen LogP contribution in [0.5, 0.6) is 0 Å². The fraction of sp³-hybridized carbons (Fsp3) is 0.421. The van der Waals surface area contributed by atoms with Crippen LogP contribution in [0.2, 0.25) is 0 Å². The number of anilines is 3. The molecule has 6 nitrogen and oxygen atoms in total. The van der Waals surface area contributed by atoms with E-state index >= 15 is 0 Å². The SMILES string of the molecule is Cc1ccc(C#N)c(N2CCCC(Nc3ccnc(N(C)C)n3)C2)c1. The zero-order valence-electron chi connectivity index (χ0n) is 15.0. The lowest BCUT2D eigenvalue weighted by Crippen LogP contribution is -2.42. The first kappa shape index (κ1) is 17.0. The van der Waals surface area contributed by atoms with E-state index in [1.165, 1.54) is 5.56 Å². The lowest BCUT2D eigenvalue weighted by atomic mass is 10.0. The molecule has 130 valence electrons. The first-order chi connectivity index (χ1) is 12.1. The molecular formula is C19H24N6. The van der Waals surface area contributed by atoms with Crippen molar-refractivity contribution in [2.24, 2.45) is 0 Å². The van der Waals surface area contributed by atoms with Gasteiger partial charge in [0.25, 0.3) is 0 Å². The fourth-order valence-electron chi connectivity index (χ4n) is 3.17. The third-order valence-electron chi connectivity index (χ3n) is 4.43. The van der Waals surface area contributed by atoms with Crippen molar-refractivity contribution in [3.63, 3.8) is 0 Å². The summed E-state index contributed by atoms with van der Waals surface area (Å²) in [6.07, 6.45) is 3.95. The van der Waals surface area contributed by atoms with Crippen LogP contribution in [0.15, 0.2) is 30.5 Å². The van der Waals surface area contributed by atoms with Crippen LogP contribution < -0.4 is 15.1 Å². The molecule has 1 aliphatic heterocycles. The van der Waals surface area contributed by atoms with E-state index < -0.39 is 0 Å². The Labute approximate surface area is 149 Å². The maximum Gasteiger partial charge on any atom is 0.226 e. The van der Waals surface area contributed by atoms with Gasteiger partial charge in [-0.2, -0.15) is 10.2 Å². The molecule has 0 saturated carbocycles. The lowest BCUT2D eigenvalue weighted by molar-refractivity contribution is 0.528. The molecule has 0 spiro atoms. The Bertz CT molecular complexity index is 780. The summed E-state index contributed by atoms with van der Waals surface area (Å²) in [6, 6.07) is 10.5. The quantitative estimate of drug-likeness (QED) is 0.926. The van der Waals surface area contributed by atoms with Crippen LogP contribution in [0.25, 0.3) is 0 Å². The second kappa shape index (κ2) is 7.39. The topological polar surface area (TPSA) is 68.1 Å². The van der Waals surface area contributed by atoms with Crippen molar-refractivity contribution in [3.8, 4) is 6.07 Å². The maximum absolute atomic E-state index is 9.41. The Morgan fingerprint density at radius 1 is 1.32 bits per heavy atom. The minimum absolute atomic E-state index is 0.297. The van der Waals surface area contributed by atoms with Crippen LogP contribution in [-0.2, 0) is 0 Å². The molecule has 0 amide bonds. The molecule has 1 aliphatic rings. The zero-order chi connectivity index (χ0) is 17.8. The van der Waals surface area contributed by atoms with E-state index in [-0.39, 0.29) is 0 Å². The van der Waals surface area contributed by atoms with E-state index in [1.807, 2.05) is 37.2 Å². The molecule has 2 aromatic rings. The van der Waals surface area contributed by atoms with E-state index in [9.17, 15) is 5.26 Å². The molecule has 1 saturated heterocycles. The number of hydrogen-bond donors (Lipinski definition) is 1. The molecule has 1 aromatic heterocycles. The molecule has 1 aromatic carbocycles. The summed E-state index contributed by atoms with van der Waals surface area (Å²) >= 11 is 0. The van der Waals surface area contributed by atoms with E-state index in [0.29, 0.717) is 12.0 Å². The summed E-state index contributed by atoms with van der Waals surface area (Å²) in [5.74, 6) is 1.54. The Morgan fingerprint density at radius 3 is 2.92 bits per heavy atom. The monoisotopic (exact) mass is 336 g/mol. The summed E-state index contributed by atoms with van der Waals surface area (Å²) in [7, 11) is 3.87. The highest BCUT2D eigenvalue weighted by Crippen LogP contribution is 2.26. The molecule has 1 N–H and O–H groups in total. The first-order valence-electron chi connectivity index (χ1n) is 8.59. The minimum Gasteiger partial charge on any atom is -0.368 e. The third-order valence-corrected chi connectivity index (χ3v) is 4.43. The second-order valence-corrected chi connectivity index (χ2v) is 6.70. The number of hydrogen-bond acceptors (Lipinski definition) is 6. The van der Waals surface area contributed by atoms with Gasteiger partial charge in [0.1, 0.15) is 11.9 Å². The van der Waals surface area contributed by atoms with Crippen molar-refractivity contribution in [1.29, 1.82) is 5.26 Å². The van der Waals surface area contributed by atoms with E-state index in [4.69, 9.17) is 0 Å². The summed E-state index contributed by atoms with van der Waals surface area (Å²) in [6.45, 7) is 3.90. The van der Waals surface area contributed by atoms with Gasteiger partial charge in [0.05, 0.1) is 11.3 Å². The smallest absolute Gasteiger partial charge is 0.226 e. The summed E-state index contributed by atoms with van der Waals surface area (Å²) in [4.78, 5) is 13.0. The fourth-order valence-corrected chi connectivity index (χ4v) is 3.17. The number of aromatic nitrogens is 2. The van der Waals surface area contributed by atoms with Crippen molar-refractivity contribution in [2.45, 2.75) is 25.8 Å². The van der Waals surface area contributed by atoms with Gasteiger partial charge in [-0.25, -0.2) is 4.98 Å². The zero-order valence-corrected chi connectivity index (χ0v) is 15.0. The number of nitrogens with one attached hydrogen (secondary N) is 1. The minimum atomic E-state index is 0.297. The molecule has 1 unspecified atom stereocenters. The van der Waals surface area contributed by atoms with Crippen LogP contribution in [0, 0.1) is 18.3 Å². The predicted molar refractivity (Wildman–Crippen MR) is 101 cm³/mol. The van der Waals surface area contributed by atoms with Crippen molar-refractivity contribution < 1.29 is 0 Å². The van der Waals surface area contributed by atoms with Crippen molar-refractivity contribution >= 4 is 17.5 Å². The van der Waals surface area contributed by atoms with Crippen molar-refractivity contribution in [1.82, 2.24) is 9.97 Å². The first-order valence-corrected chi connectivity index (χ1v) is 8.59. The molecular weight excluding hydrogens is 312 g/mol. The van der Waals surface area contributed by atoms with Crippen LogP contribution in [-0.4, -0.2) is 43.2 Å². The summed E-state index contributed by atoms with van der Waals surface area (Å²) in [5.41, 5.74) is 2.95. The van der Waals surface area contributed by atoms with Crippen LogP contribution >= 0.6 is 0 Å². The molecule has 1 fully saturated rings. The van der Waals surface area contributed by atoms with Crippen LogP contribution in [0.1, 0.15) is 24.0 Å². The molecule has 3 rings (SSSR count).